The number of thioether (sulfide) groups is 1. The number of amides is 1. The summed E-state index contributed by atoms with van der Waals surface area (Å²) in [6.45, 7) is 2.18. The molecule has 0 N–H and O–H groups in total. The van der Waals surface area contributed by atoms with Gasteiger partial charge in [-0.05, 0) is 54.5 Å². The van der Waals surface area contributed by atoms with E-state index in [2.05, 4.69) is 0 Å². The smallest absolute Gasteiger partial charge is 0.416 e. The average Bonchev–Trinajstić information content (AvgIpc) is 3.15. The predicted octanol–water partition coefficient (Wildman–Crippen LogP) is 7.00. The molecule has 0 unspecified atom stereocenters. The van der Waals surface area contributed by atoms with Crippen molar-refractivity contribution in [1.82, 2.24) is 0 Å². The van der Waals surface area contributed by atoms with E-state index in [1.165, 1.54) is 24.3 Å². The fourth-order valence-corrected chi connectivity index (χ4v) is 4.88. The number of carbonyl (C=O) groups excluding carboxylic acids is 1. The lowest BCUT2D eigenvalue weighted by atomic mass is 10.1. The summed E-state index contributed by atoms with van der Waals surface area (Å²) in [5, 5.41) is 11.0. The van der Waals surface area contributed by atoms with E-state index >= 15 is 0 Å². The number of hydrogen-bond acceptors (Lipinski definition) is 7. The Labute approximate surface area is 225 Å². The van der Waals surface area contributed by atoms with E-state index < -0.39 is 22.6 Å². The van der Waals surface area contributed by atoms with Crippen molar-refractivity contribution >= 4 is 51.7 Å². The minimum absolute atomic E-state index is 0.0330. The first-order valence-corrected chi connectivity index (χ1v) is 12.4. The number of hydrogen-bond donors (Lipinski definition) is 0. The highest BCUT2D eigenvalue weighted by atomic mass is 32.2. The second kappa shape index (κ2) is 11.2. The Kier molecular flexibility index (Phi) is 8.02. The molecule has 38 heavy (non-hydrogen) atoms. The molecule has 1 amide bonds. The van der Waals surface area contributed by atoms with Gasteiger partial charge in [0.05, 0.1) is 27.7 Å². The Morgan fingerprint density at radius 3 is 2.53 bits per heavy atom. The number of rotatable bonds is 8. The van der Waals surface area contributed by atoms with Crippen LogP contribution in [0.5, 0.6) is 11.5 Å². The normalized spacial score (nSPS) is 14.7. The number of nitrogens with zero attached hydrogens (tertiary/aromatic N) is 2. The van der Waals surface area contributed by atoms with Crippen molar-refractivity contribution in [3.63, 3.8) is 0 Å². The molecule has 0 atom stereocenters. The van der Waals surface area contributed by atoms with Gasteiger partial charge in [-0.1, -0.05) is 48.2 Å². The van der Waals surface area contributed by atoms with Crippen molar-refractivity contribution in [2.45, 2.75) is 19.7 Å². The molecule has 0 radical (unpaired) electrons. The molecular weight excluding hydrogens is 541 g/mol. The Bertz CT molecular complexity index is 1440. The number of ether oxygens (including phenoxy) is 2. The maximum absolute atomic E-state index is 13.1. The lowest BCUT2D eigenvalue weighted by Gasteiger charge is -2.16. The minimum Gasteiger partial charge on any atom is -0.490 e. The quantitative estimate of drug-likeness (QED) is 0.127. The zero-order valence-corrected chi connectivity index (χ0v) is 21.4. The minimum atomic E-state index is -4.55. The van der Waals surface area contributed by atoms with E-state index in [0.717, 1.165) is 28.8 Å². The molecule has 1 aliphatic rings. The maximum atomic E-state index is 13.1. The highest BCUT2D eigenvalue weighted by Gasteiger charge is 2.36. The molecule has 0 spiro atoms. The van der Waals surface area contributed by atoms with Crippen molar-refractivity contribution in [2.24, 2.45) is 0 Å². The first-order chi connectivity index (χ1) is 18.1. The van der Waals surface area contributed by atoms with Gasteiger partial charge >= 0.3 is 6.18 Å². The summed E-state index contributed by atoms with van der Waals surface area (Å²) in [4.78, 5) is 24.9. The molecule has 196 valence electrons. The van der Waals surface area contributed by atoms with E-state index in [0.29, 0.717) is 29.2 Å². The zero-order chi connectivity index (χ0) is 27.4. The molecule has 1 heterocycles. The van der Waals surface area contributed by atoms with Gasteiger partial charge in [-0.2, -0.15) is 13.2 Å². The van der Waals surface area contributed by atoms with E-state index in [-0.39, 0.29) is 27.2 Å². The molecule has 7 nitrogen and oxygen atoms in total. The molecule has 1 aliphatic heterocycles. The number of halogens is 3. The average molecular weight is 561 g/mol. The summed E-state index contributed by atoms with van der Waals surface area (Å²) in [6, 6.07) is 15.5. The molecular formula is C26H19F3N2O5S2. The second-order valence-corrected chi connectivity index (χ2v) is 9.60. The van der Waals surface area contributed by atoms with Gasteiger partial charge < -0.3 is 9.47 Å². The number of anilines is 1. The standard InChI is InChI=1S/C26H19F3N2O5S2/c1-2-35-22-12-16(9-10-21(22)36-15-17-5-3-8-20(11-17)31(33)34)13-23-24(32)30(25(37)38-23)19-7-4-6-18(14-19)26(27,28)29/h3-14H,2,15H2,1H3/b23-13+. The second-order valence-electron chi connectivity index (χ2n) is 7.92. The van der Waals surface area contributed by atoms with Crippen molar-refractivity contribution < 1.29 is 32.4 Å². The number of thiocarbonyl (C=S) groups is 1. The third-order valence-electron chi connectivity index (χ3n) is 5.31. The summed E-state index contributed by atoms with van der Waals surface area (Å²) in [5.74, 6) is 0.246. The van der Waals surface area contributed by atoms with E-state index in [1.54, 1.807) is 43.3 Å². The summed E-state index contributed by atoms with van der Waals surface area (Å²) in [6.07, 6.45) is -2.99. The fraction of sp³-hybridized carbons (Fsp3) is 0.154. The van der Waals surface area contributed by atoms with Gasteiger partial charge in [-0.15, -0.1) is 0 Å². The van der Waals surface area contributed by atoms with Crippen LogP contribution in [0.4, 0.5) is 24.5 Å². The van der Waals surface area contributed by atoms with Gasteiger partial charge in [0, 0.05) is 12.1 Å². The fourth-order valence-electron chi connectivity index (χ4n) is 3.59. The molecule has 0 aromatic heterocycles. The van der Waals surface area contributed by atoms with Gasteiger partial charge in [-0.3, -0.25) is 19.8 Å². The van der Waals surface area contributed by atoms with Gasteiger partial charge in [0.15, 0.2) is 15.8 Å². The topological polar surface area (TPSA) is 81.9 Å². The van der Waals surface area contributed by atoms with Crippen LogP contribution in [0.25, 0.3) is 6.08 Å². The van der Waals surface area contributed by atoms with Gasteiger partial charge in [0.25, 0.3) is 11.6 Å². The number of non-ortho nitro benzene ring substituents is 1. The third-order valence-corrected chi connectivity index (χ3v) is 6.61. The summed E-state index contributed by atoms with van der Waals surface area (Å²) in [7, 11) is 0. The number of carbonyl (C=O) groups is 1. The summed E-state index contributed by atoms with van der Waals surface area (Å²) in [5.41, 5.74) is 0.291. The van der Waals surface area contributed by atoms with Crippen molar-refractivity contribution in [2.75, 3.05) is 11.5 Å². The first-order valence-electron chi connectivity index (χ1n) is 11.1. The van der Waals surface area contributed by atoms with Crippen molar-refractivity contribution in [1.29, 1.82) is 0 Å². The molecule has 0 saturated carbocycles. The van der Waals surface area contributed by atoms with Crippen LogP contribution in [0, 0.1) is 10.1 Å². The van der Waals surface area contributed by atoms with E-state index in [1.807, 2.05) is 0 Å². The third kappa shape index (κ3) is 6.14. The van der Waals surface area contributed by atoms with Crippen LogP contribution in [0.15, 0.2) is 71.6 Å². The van der Waals surface area contributed by atoms with Gasteiger partial charge in [-0.25, -0.2) is 0 Å². The van der Waals surface area contributed by atoms with Crippen LogP contribution in [0.1, 0.15) is 23.6 Å². The Morgan fingerprint density at radius 1 is 1.05 bits per heavy atom. The van der Waals surface area contributed by atoms with E-state index in [9.17, 15) is 28.1 Å². The van der Waals surface area contributed by atoms with Crippen molar-refractivity contribution in [3.8, 4) is 11.5 Å². The number of benzene rings is 3. The molecule has 1 saturated heterocycles. The predicted molar refractivity (Wildman–Crippen MR) is 142 cm³/mol. The highest BCUT2D eigenvalue weighted by molar-refractivity contribution is 8.27. The zero-order valence-electron chi connectivity index (χ0n) is 19.7. The number of nitro benzene ring substituents is 1. The van der Waals surface area contributed by atoms with Crippen LogP contribution in [0.3, 0.4) is 0 Å². The SMILES string of the molecule is CCOc1cc(/C=C2/SC(=S)N(c3cccc(C(F)(F)F)c3)C2=O)ccc1OCc1cccc([N+](=O)[O-])c1. The number of alkyl halides is 3. The molecule has 1 fully saturated rings. The number of nitro groups is 1. The van der Waals surface area contributed by atoms with E-state index in [4.69, 9.17) is 21.7 Å². The molecule has 4 rings (SSSR count). The molecule has 12 heteroatoms. The van der Waals surface area contributed by atoms with Crippen LogP contribution in [-0.2, 0) is 17.6 Å². The largest absolute Gasteiger partial charge is 0.490 e. The van der Waals surface area contributed by atoms with Crippen molar-refractivity contribution in [3.05, 3.63) is 98.4 Å². The van der Waals surface area contributed by atoms with Crippen LogP contribution in [-0.4, -0.2) is 21.8 Å². The van der Waals surface area contributed by atoms with Gasteiger partial charge in [0.1, 0.15) is 6.61 Å². The summed E-state index contributed by atoms with van der Waals surface area (Å²) < 4.78 is 51.1. The maximum Gasteiger partial charge on any atom is 0.416 e. The first kappa shape index (κ1) is 27.1. The highest BCUT2D eigenvalue weighted by Crippen LogP contribution is 2.39. The van der Waals surface area contributed by atoms with Crippen LogP contribution < -0.4 is 14.4 Å². The molecule has 3 aromatic carbocycles. The molecule has 0 aliphatic carbocycles. The molecule has 3 aromatic rings. The monoisotopic (exact) mass is 560 g/mol. The van der Waals surface area contributed by atoms with Crippen LogP contribution >= 0.6 is 24.0 Å². The lowest BCUT2D eigenvalue weighted by molar-refractivity contribution is -0.384. The Hall–Kier alpha value is -3.90. The summed E-state index contributed by atoms with van der Waals surface area (Å²) >= 11 is 6.26. The van der Waals surface area contributed by atoms with Gasteiger partial charge in [0.2, 0.25) is 0 Å². The Balaban J connectivity index is 1.55. The molecule has 0 bridgehead atoms. The lowest BCUT2D eigenvalue weighted by Crippen LogP contribution is -2.27. The Morgan fingerprint density at radius 2 is 1.82 bits per heavy atom. The van der Waals surface area contributed by atoms with Crippen LogP contribution in [0.2, 0.25) is 0 Å².